The van der Waals surface area contributed by atoms with E-state index in [0.29, 0.717) is 18.1 Å². The molecular formula is C25H29FO. The minimum atomic E-state index is -0.221. The number of hydrogen-bond acceptors (Lipinski definition) is 1. The van der Waals surface area contributed by atoms with E-state index in [-0.39, 0.29) is 12.4 Å². The lowest BCUT2D eigenvalue weighted by Crippen LogP contribution is -2.12. The van der Waals surface area contributed by atoms with Crippen LogP contribution < -0.4 is 0 Å². The third-order valence-corrected chi connectivity index (χ3v) is 5.61. The van der Waals surface area contributed by atoms with Crippen LogP contribution >= 0.6 is 0 Å². The summed E-state index contributed by atoms with van der Waals surface area (Å²) in [6, 6.07) is 14.0. The van der Waals surface area contributed by atoms with Gasteiger partial charge in [0.05, 0.1) is 13.2 Å². The van der Waals surface area contributed by atoms with E-state index in [1.54, 1.807) is 12.1 Å². The van der Waals surface area contributed by atoms with Crippen molar-refractivity contribution in [1.82, 2.24) is 0 Å². The van der Waals surface area contributed by atoms with Gasteiger partial charge in [0.2, 0.25) is 0 Å². The van der Waals surface area contributed by atoms with E-state index in [9.17, 15) is 4.39 Å². The van der Waals surface area contributed by atoms with Gasteiger partial charge in [-0.05, 0) is 66.7 Å². The van der Waals surface area contributed by atoms with Gasteiger partial charge in [0.25, 0.3) is 0 Å². The van der Waals surface area contributed by atoms with Crippen molar-refractivity contribution >= 4 is 0 Å². The molecule has 1 aliphatic carbocycles. The summed E-state index contributed by atoms with van der Waals surface area (Å²) in [7, 11) is 0. The Balaban J connectivity index is 1.64. The predicted molar refractivity (Wildman–Crippen MR) is 111 cm³/mol. The first-order valence-corrected chi connectivity index (χ1v) is 9.89. The van der Waals surface area contributed by atoms with E-state index in [4.69, 9.17) is 4.74 Å². The van der Waals surface area contributed by atoms with Crippen molar-refractivity contribution in [3.05, 3.63) is 84.7 Å². The van der Waals surface area contributed by atoms with Crippen LogP contribution in [-0.2, 0) is 11.3 Å². The predicted octanol–water partition coefficient (Wildman–Crippen LogP) is 7.05. The van der Waals surface area contributed by atoms with Gasteiger partial charge in [-0.3, -0.25) is 0 Å². The van der Waals surface area contributed by atoms with Crippen LogP contribution in [-0.4, -0.2) is 6.61 Å². The maximum Gasteiger partial charge on any atom is 0.129 e. The van der Waals surface area contributed by atoms with Gasteiger partial charge in [0, 0.05) is 5.56 Å². The summed E-state index contributed by atoms with van der Waals surface area (Å²) in [5, 5.41) is 0. The van der Waals surface area contributed by atoms with Gasteiger partial charge in [-0.2, -0.15) is 0 Å². The monoisotopic (exact) mass is 364 g/mol. The minimum absolute atomic E-state index is 0.221. The van der Waals surface area contributed by atoms with E-state index in [1.165, 1.54) is 31.2 Å². The van der Waals surface area contributed by atoms with Crippen LogP contribution in [0.25, 0.3) is 11.1 Å². The third kappa shape index (κ3) is 5.17. The number of allylic oxidation sites excluding steroid dienone is 1. The lowest BCUT2D eigenvalue weighted by atomic mass is 9.77. The highest BCUT2D eigenvalue weighted by Gasteiger charge is 2.21. The average molecular weight is 365 g/mol. The topological polar surface area (TPSA) is 9.23 Å². The van der Waals surface area contributed by atoms with E-state index >= 15 is 0 Å². The Bertz CT molecular complexity index is 754. The first-order chi connectivity index (χ1) is 13.2. The smallest absolute Gasteiger partial charge is 0.129 e. The van der Waals surface area contributed by atoms with Gasteiger partial charge >= 0.3 is 0 Å². The summed E-state index contributed by atoms with van der Waals surface area (Å²) in [5.74, 6) is 1.25. The van der Waals surface area contributed by atoms with Gasteiger partial charge in [0.15, 0.2) is 0 Å². The molecule has 0 N–H and O–H groups in total. The highest BCUT2D eigenvalue weighted by molar-refractivity contribution is 5.64. The summed E-state index contributed by atoms with van der Waals surface area (Å²) in [4.78, 5) is 0. The second-order valence-electron chi connectivity index (χ2n) is 7.47. The SMILES string of the molecule is C=CCOCc1ccc(-c2ccc([C@H]3CC[C@H](CC=C)CC3)cc2)cc1F. The highest BCUT2D eigenvalue weighted by Crippen LogP contribution is 2.37. The molecule has 27 heavy (non-hydrogen) atoms. The Kier molecular flexibility index (Phi) is 7.00. The van der Waals surface area contributed by atoms with Crippen LogP contribution in [0, 0.1) is 11.7 Å². The van der Waals surface area contributed by atoms with E-state index in [2.05, 4.69) is 43.5 Å². The molecule has 2 aromatic carbocycles. The Hall–Kier alpha value is -2.19. The molecule has 0 amide bonds. The molecule has 2 aromatic rings. The molecule has 0 heterocycles. The Morgan fingerprint density at radius 1 is 0.926 bits per heavy atom. The number of benzene rings is 2. The summed E-state index contributed by atoms with van der Waals surface area (Å²) >= 11 is 0. The highest BCUT2D eigenvalue weighted by atomic mass is 19.1. The quantitative estimate of drug-likeness (QED) is 0.360. The molecule has 3 rings (SSSR count). The Morgan fingerprint density at radius 2 is 1.63 bits per heavy atom. The standard InChI is InChI=1S/C25H29FO/c1-3-5-19-6-8-20(9-7-19)21-10-12-22(13-11-21)23-14-15-24(25(26)17-23)18-27-16-4-2/h3-4,10-15,17,19-20H,1-2,5-9,16,18H2/t19-,20-. The maximum absolute atomic E-state index is 14.3. The van der Waals surface area contributed by atoms with Gasteiger partial charge < -0.3 is 4.74 Å². The van der Waals surface area contributed by atoms with Crippen molar-refractivity contribution in [3.63, 3.8) is 0 Å². The normalized spacial score (nSPS) is 19.6. The minimum Gasteiger partial charge on any atom is -0.373 e. The molecule has 0 radical (unpaired) electrons. The third-order valence-electron chi connectivity index (χ3n) is 5.61. The van der Waals surface area contributed by atoms with Gasteiger partial charge in [-0.15, -0.1) is 13.2 Å². The van der Waals surface area contributed by atoms with Gasteiger partial charge in [-0.25, -0.2) is 4.39 Å². The number of rotatable bonds is 8. The molecule has 1 aliphatic rings. The van der Waals surface area contributed by atoms with Crippen molar-refractivity contribution < 1.29 is 9.13 Å². The second kappa shape index (κ2) is 9.66. The second-order valence-corrected chi connectivity index (χ2v) is 7.47. The molecule has 1 nitrogen and oxygen atoms in total. The van der Waals surface area contributed by atoms with Crippen LogP contribution in [0.3, 0.4) is 0 Å². The zero-order valence-corrected chi connectivity index (χ0v) is 16.0. The van der Waals surface area contributed by atoms with Gasteiger partial charge in [0.1, 0.15) is 5.82 Å². The van der Waals surface area contributed by atoms with Crippen molar-refractivity contribution in [1.29, 1.82) is 0 Å². The first-order valence-electron chi connectivity index (χ1n) is 9.89. The summed E-state index contributed by atoms with van der Waals surface area (Å²) in [6.07, 6.45) is 9.96. The van der Waals surface area contributed by atoms with Crippen LogP contribution in [0.1, 0.15) is 49.1 Å². The Morgan fingerprint density at radius 3 is 2.26 bits per heavy atom. The van der Waals surface area contributed by atoms with Crippen LogP contribution in [0.5, 0.6) is 0 Å². The summed E-state index contributed by atoms with van der Waals surface area (Å²) in [5.41, 5.74) is 3.94. The zero-order valence-electron chi connectivity index (χ0n) is 16.0. The average Bonchev–Trinajstić information content (AvgIpc) is 2.70. The molecule has 1 saturated carbocycles. The van der Waals surface area contributed by atoms with Crippen LogP contribution in [0.2, 0.25) is 0 Å². The van der Waals surface area contributed by atoms with Gasteiger partial charge in [-0.1, -0.05) is 48.6 Å². The molecule has 2 heteroatoms. The lowest BCUT2D eigenvalue weighted by Gasteiger charge is -2.28. The summed E-state index contributed by atoms with van der Waals surface area (Å²) in [6.45, 7) is 8.16. The van der Waals surface area contributed by atoms with Crippen LogP contribution in [0.15, 0.2) is 67.8 Å². The molecule has 1 fully saturated rings. The van der Waals surface area contributed by atoms with Crippen LogP contribution in [0.4, 0.5) is 4.39 Å². The van der Waals surface area contributed by atoms with E-state index in [0.717, 1.165) is 23.5 Å². The van der Waals surface area contributed by atoms with Crippen molar-refractivity contribution in [2.24, 2.45) is 5.92 Å². The maximum atomic E-state index is 14.3. The van der Waals surface area contributed by atoms with E-state index < -0.39 is 0 Å². The van der Waals surface area contributed by atoms with Crippen molar-refractivity contribution in [2.75, 3.05) is 6.61 Å². The fraction of sp³-hybridized carbons (Fsp3) is 0.360. The molecule has 0 atom stereocenters. The molecule has 0 aromatic heterocycles. The summed E-state index contributed by atoms with van der Waals surface area (Å²) < 4.78 is 19.7. The molecule has 142 valence electrons. The van der Waals surface area contributed by atoms with Crippen molar-refractivity contribution in [3.8, 4) is 11.1 Å². The lowest BCUT2D eigenvalue weighted by molar-refractivity contribution is 0.146. The van der Waals surface area contributed by atoms with Crippen molar-refractivity contribution in [2.45, 2.75) is 44.6 Å². The number of halogens is 1. The molecule has 0 bridgehead atoms. The molecule has 0 unspecified atom stereocenters. The zero-order chi connectivity index (χ0) is 19.1. The molecular weight excluding hydrogens is 335 g/mol. The Labute approximate surface area is 162 Å². The molecule has 0 spiro atoms. The fourth-order valence-corrected chi connectivity index (χ4v) is 4.01. The fourth-order valence-electron chi connectivity index (χ4n) is 4.01. The molecule has 0 aliphatic heterocycles. The number of ether oxygens (including phenoxy) is 1. The first kappa shape index (κ1) is 19.6. The molecule has 0 saturated heterocycles. The van der Waals surface area contributed by atoms with E-state index in [1.807, 2.05) is 12.1 Å². The largest absolute Gasteiger partial charge is 0.373 e. The number of hydrogen-bond donors (Lipinski definition) is 0.